The molecule has 0 aromatic heterocycles. The highest BCUT2D eigenvalue weighted by atomic mass is 16.5. The maximum Gasteiger partial charge on any atom is 0.120 e. The Balaban J connectivity index is 2.71. The van der Waals surface area contributed by atoms with Gasteiger partial charge in [0.2, 0.25) is 0 Å². The topological polar surface area (TPSA) is 32.3 Å². The third kappa shape index (κ3) is 2.82. The second kappa shape index (κ2) is 3.05. The molecule has 0 aliphatic heterocycles. The first-order valence-corrected chi connectivity index (χ1v) is 3.93. The van der Waals surface area contributed by atoms with Crippen LogP contribution in [-0.2, 0) is 0 Å². The van der Waals surface area contributed by atoms with Crippen LogP contribution in [0.4, 0.5) is 0 Å². The van der Waals surface area contributed by atoms with Crippen molar-refractivity contribution in [3.05, 3.63) is 24.3 Å². The zero-order valence-corrected chi connectivity index (χ0v) is 7.63. The van der Waals surface area contributed by atoms with Crippen molar-refractivity contribution in [1.29, 1.82) is 0 Å². The van der Waals surface area contributed by atoms with Crippen LogP contribution in [0.25, 0.3) is 0 Å². The van der Waals surface area contributed by atoms with Gasteiger partial charge in [-0.15, -0.1) is 5.75 Å². The SMILES string of the molecule is CC(C)(C)Oc1ccc([O-])cc1. The van der Waals surface area contributed by atoms with Crippen molar-refractivity contribution < 1.29 is 9.84 Å². The van der Waals surface area contributed by atoms with Crippen molar-refractivity contribution in [2.75, 3.05) is 0 Å². The Morgan fingerprint density at radius 3 is 2.00 bits per heavy atom. The molecule has 1 aromatic rings. The smallest absolute Gasteiger partial charge is 0.120 e. The molecule has 0 aliphatic carbocycles. The molecule has 12 heavy (non-hydrogen) atoms. The summed E-state index contributed by atoms with van der Waals surface area (Å²) >= 11 is 0. The molecule has 0 N–H and O–H groups in total. The van der Waals surface area contributed by atoms with Crippen molar-refractivity contribution in [1.82, 2.24) is 0 Å². The summed E-state index contributed by atoms with van der Waals surface area (Å²) in [7, 11) is 0. The third-order valence-electron chi connectivity index (χ3n) is 1.25. The average Bonchev–Trinajstić information content (AvgIpc) is 1.91. The standard InChI is InChI=1S/C10H14O2/c1-10(2,3)12-9-6-4-8(11)5-7-9/h4-7,11H,1-3H3/p-1. The Hall–Kier alpha value is -1.18. The molecular formula is C10H13O2-. The monoisotopic (exact) mass is 165 g/mol. The van der Waals surface area contributed by atoms with Crippen LogP contribution >= 0.6 is 0 Å². The lowest BCUT2D eigenvalue weighted by atomic mass is 10.2. The largest absolute Gasteiger partial charge is 0.872 e. The first-order valence-electron chi connectivity index (χ1n) is 3.93. The summed E-state index contributed by atoms with van der Waals surface area (Å²) < 4.78 is 5.52. The van der Waals surface area contributed by atoms with Crippen LogP contribution in [-0.4, -0.2) is 5.60 Å². The molecular weight excluding hydrogens is 152 g/mol. The molecule has 1 aromatic carbocycles. The number of hydrogen-bond donors (Lipinski definition) is 0. The van der Waals surface area contributed by atoms with E-state index in [-0.39, 0.29) is 11.4 Å². The van der Waals surface area contributed by atoms with E-state index in [1.54, 1.807) is 12.1 Å². The van der Waals surface area contributed by atoms with Gasteiger partial charge in [-0.1, -0.05) is 12.1 Å². The minimum Gasteiger partial charge on any atom is -0.872 e. The van der Waals surface area contributed by atoms with Crippen LogP contribution in [0, 0.1) is 0 Å². The molecule has 0 heterocycles. The lowest BCUT2D eigenvalue weighted by Crippen LogP contribution is -2.22. The van der Waals surface area contributed by atoms with Gasteiger partial charge in [-0.05, 0) is 32.9 Å². The maximum absolute atomic E-state index is 10.7. The van der Waals surface area contributed by atoms with E-state index in [1.165, 1.54) is 12.1 Å². The van der Waals surface area contributed by atoms with Gasteiger partial charge in [-0.25, -0.2) is 0 Å². The summed E-state index contributed by atoms with van der Waals surface area (Å²) in [5, 5.41) is 10.7. The predicted octanol–water partition coefficient (Wildman–Crippen LogP) is 1.94. The van der Waals surface area contributed by atoms with Crippen LogP contribution < -0.4 is 9.84 Å². The molecule has 0 fully saturated rings. The fourth-order valence-electron chi connectivity index (χ4n) is 0.861. The van der Waals surface area contributed by atoms with Gasteiger partial charge in [0, 0.05) is 0 Å². The molecule has 2 nitrogen and oxygen atoms in total. The van der Waals surface area contributed by atoms with Gasteiger partial charge < -0.3 is 9.84 Å². The average molecular weight is 165 g/mol. The summed E-state index contributed by atoms with van der Waals surface area (Å²) in [6.07, 6.45) is 0. The number of rotatable bonds is 1. The second-order valence-corrected chi connectivity index (χ2v) is 3.69. The summed E-state index contributed by atoms with van der Waals surface area (Å²) in [6.45, 7) is 5.91. The van der Waals surface area contributed by atoms with E-state index in [0.717, 1.165) is 5.75 Å². The van der Waals surface area contributed by atoms with E-state index in [2.05, 4.69) is 0 Å². The highest BCUT2D eigenvalue weighted by Gasteiger charge is 2.10. The Morgan fingerprint density at radius 1 is 1.08 bits per heavy atom. The molecule has 0 spiro atoms. The first kappa shape index (κ1) is 8.91. The first-order chi connectivity index (χ1) is 5.47. The highest BCUT2D eigenvalue weighted by molar-refractivity contribution is 5.29. The van der Waals surface area contributed by atoms with Gasteiger partial charge in [-0.2, -0.15) is 0 Å². The van der Waals surface area contributed by atoms with Crippen LogP contribution in [0.15, 0.2) is 24.3 Å². The third-order valence-corrected chi connectivity index (χ3v) is 1.25. The summed E-state index contributed by atoms with van der Waals surface area (Å²) in [4.78, 5) is 0. The summed E-state index contributed by atoms with van der Waals surface area (Å²) in [6, 6.07) is 6.38. The van der Waals surface area contributed by atoms with Gasteiger partial charge in [0.15, 0.2) is 0 Å². The molecule has 2 heteroatoms. The molecule has 0 saturated carbocycles. The van der Waals surface area contributed by atoms with Gasteiger partial charge in [-0.3, -0.25) is 0 Å². The molecule has 66 valence electrons. The Morgan fingerprint density at radius 2 is 1.58 bits per heavy atom. The summed E-state index contributed by atoms with van der Waals surface area (Å²) in [5.41, 5.74) is -0.204. The Bertz CT molecular complexity index is 244. The van der Waals surface area contributed by atoms with Crippen molar-refractivity contribution in [3.8, 4) is 11.5 Å². The molecule has 0 bridgehead atoms. The van der Waals surface area contributed by atoms with Gasteiger partial charge in [0.1, 0.15) is 11.4 Å². The highest BCUT2D eigenvalue weighted by Crippen LogP contribution is 2.19. The maximum atomic E-state index is 10.7. The van der Waals surface area contributed by atoms with Crippen molar-refractivity contribution in [2.24, 2.45) is 0 Å². The zero-order valence-electron chi connectivity index (χ0n) is 7.63. The minimum atomic E-state index is -0.204. The quantitative estimate of drug-likeness (QED) is 0.637. The number of ether oxygens (including phenoxy) is 1. The molecule has 0 atom stereocenters. The van der Waals surface area contributed by atoms with E-state index in [4.69, 9.17) is 4.74 Å². The van der Waals surface area contributed by atoms with E-state index >= 15 is 0 Å². The van der Waals surface area contributed by atoms with Gasteiger partial charge in [0.25, 0.3) is 0 Å². The predicted molar refractivity (Wildman–Crippen MR) is 46.3 cm³/mol. The van der Waals surface area contributed by atoms with Crippen molar-refractivity contribution >= 4 is 0 Å². The second-order valence-electron chi connectivity index (χ2n) is 3.69. The molecule has 0 saturated heterocycles. The molecule has 1 rings (SSSR count). The van der Waals surface area contributed by atoms with E-state index < -0.39 is 0 Å². The van der Waals surface area contributed by atoms with Gasteiger partial charge in [0.05, 0.1) is 0 Å². The summed E-state index contributed by atoms with van der Waals surface area (Å²) in [5.74, 6) is 0.748. The normalized spacial score (nSPS) is 11.2. The zero-order chi connectivity index (χ0) is 9.19. The molecule has 0 aliphatic rings. The fraction of sp³-hybridized carbons (Fsp3) is 0.400. The number of hydrogen-bond acceptors (Lipinski definition) is 2. The van der Waals surface area contributed by atoms with Crippen LogP contribution in [0.2, 0.25) is 0 Å². The molecule has 0 unspecified atom stereocenters. The Kier molecular flexibility index (Phi) is 2.27. The van der Waals surface area contributed by atoms with Crippen LogP contribution in [0.5, 0.6) is 11.5 Å². The fourth-order valence-corrected chi connectivity index (χ4v) is 0.861. The lowest BCUT2D eigenvalue weighted by Gasteiger charge is -2.21. The number of benzene rings is 1. The van der Waals surface area contributed by atoms with E-state index in [0.29, 0.717) is 0 Å². The molecule has 0 amide bonds. The minimum absolute atomic E-state index is 0.0104. The van der Waals surface area contributed by atoms with Crippen molar-refractivity contribution in [3.63, 3.8) is 0 Å². The van der Waals surface area contributed by atoms with Crippen LogP contribution in [0.3, 0.4) is 0 Å². The van der Waals surface area contributed by atoms with Crippen LogP contribution in [0.1, 0.15) is 20.8 Å². The van der Waals surface area contributed by atoms with E-state index in [9.17, 15) is 5.11 Å². The molecule has 0 radical (unpaired) electrons. The Labute approximate surface area is 72.8 Å². The van der Waals surface area contributed by atoms with Gasteiger partial charge >= 0.3 is 0 Å². The van der Waals surface area contributed by atoms with Crippen molar-refractivity contribution in [2.45, 2.75) is 26.4 Å². The van der Waals surface area contributed by atoms with E-state index in [1.807, 2.05) is 20.8 Å². The lowest BCUT2D eigenvalue weighted by molar-refractivity contribution is -0.268.